The van der Waals surface area contributed by atoms with Crippen LogP contribution in [0, 0.1) is 5.82 Å². The third-order valence-corrected chi connectivity index (χ3v) is 6.42. The summed E-state index contributed by atoms with van der Waals surface area (Å²) in [5.74, 6) is -6.32. The molecule has 0 fully saturated rings. The predicted molar refractivity (Wildman–Crippen MR) is 156 cm³/mol. The van der Waals surface area contributed by atoms with E-state index >= 15 is 0 Å². The van der Waals surface area contributed by atoms with Crippen molar-refractivity contribution >= 4 is 40.0 Å². The van der Waals surface area contributed by atoms with Gasteiger partial charge in [-0.05, 0) is 67.1 Å². The summed E-state index contributed by atoms with van der Waals surface area (Å²) < 4.78 is 83.6. The fourth-order valence-electron chi connectivity index (χ4n) is 4.14. The zero-order valence-corrected chi connectivity index (χ0v) is 24.2. The number of nitrogens with zero attached hydrogens (tertiary/aromatic N) is 1. The summed E-state index contributed by atoms with van der Waals surface area (Å²) in [6, 6.07) is 18.3. The lowest BCUT2D eigenvalue weighted by molar-refractivity contribution is -0.193. The fourth-order valence-corrected chi connectivity index (χ4v) is 4.14. The smallest absolute Gasteiger partial charge is 0.486 e. The van der Waals surface area contributed by atoms with Gasteiger partial charge in [-0.2, -0.15) is 26.3 Å². The number of carboxylic acids is 2. The largest absolute Gasteiger partial charge is 0.490 e. The number of amides is 1. The maximum atomic E-state index is 14.4. The van der Waals surface area contributed by atoms with E-state index in [0.717, 1.165) is 34.9 Å². The average molecular weight is 670 g/mol. The van der Waals surface area contributed by atoms with E-state index in [1.807, 2.05) is 42.5 Å². The summed E-state index contributed by atoms with van der Waals surface area (Å²) in [6.45, 7) is 2.30. The zero-order chi connectivity index (χ0) is 34.9. The van der Waals surface area contributed by atoms with Crippen molar-refractivity contribution in [1.82, 2.24) is 4.98 Å². The number of halogens is 7. The average Bonchev–Trinajstić information content (AvgIpc) is 3.00. The van der Waals surface area contributed by atoms with Gasteiger partial charge in [0.1, 0.15) is 6.61 Å². The van der Waals surface area contributed by atoms with Crippen LogP contribution in [0.25, 0.3) is 10.8 Å². The highest BCUT2D eigenvalue weighted by molar-refractivity contribution is 6.04. The van der Waals surface area contributed by atoms with Crippen LogP contribution in [-0.4, -0.2) is 51.4 Å². The molecule has 1 amide bonds. The molecule has 0 spiro atoms. The van der Waals surface area contributed by atoms with Gasteiger partial charge in [0.05, 0.1) is 0 Å². The van der Waals surface area contributed by atoms with Crippen LogP contribution in [0.15, 0.2) is 73.1 Å². The van der Waals surface area contributed by atoms with Crippen molar-refractivity contribution in [2.45, 2.75) is 44.8 Å². The normalized spacial score (nSPS) is 13.8. The molecule has 0 aliphatic carbocycles. The molecule has 0 saturated carbocycles. The summed E-state index contributed by atoms with van der Waals surface area (Å²) in [5.41, 5.74) is 4.17. The lowest BCUT2D eigenvalue weighted by Gasteiger charge is -2.24. The molecule has 9 nitrogen and oxygen atoms in total. The number of aromatic nitrogens is 1. The van der Waals surface area contributed by atoms with Crippen molar-refractivity contribution in [1.29, 1.82) is 0 Å². The molecule has 1 aromatic heterocycles. The number of benzene rings is 3. The molecule has 5 rings (SSSR count). The number of ether oxygens (including phenoxy) is 1. The van der Waals surface area contributed by atoms with Crippen molar-refractivity contribution in [3.63, 3.8) is 0 Å². The first-order valence-electron chi connectivity index (χ1n) is 13.5. The minimum Gasteiger partial charge on any atom is -0.486 e. The van der Waals surface area contributed by atoms with Crippen LogP contribution in [0.4, 0.5) is 42.1 Å². The second kappa shape index (κ2) is 15.2. The molecule has 4 aromatic rings. The molecule has 47 heavy (non-hydrogen) atoms. The molecule has 0 radical (unpaired) electrons. The van der Waals surface area contributed by atoms with Crippen LogP contribution in [0.1, 0.15) is 34.8 Å². The van der Waals surface area contributed by atoms with Crippen LogP contribution in [0.5, 0.6) is 5.75 Å². The number of hydrogen-bond acceptors (Lipinski definition) is 6. The molecule has 0 bridgehead atoms. The van der Waals surface area contributed by atoms with Crippen molar-refractivity contribution in [3.8, 4) is 5.75 Å². The number of hydrogen-bond donors (Lipinski definition) is 4. The number of fused-ring (bicyclic) bond motifs is 2. The Labute approximate surface area is 262 Å². The standard InChI is InChI=1S/C27H24FN3O2.2C2HF3O2/c1-17-6-7-18-12-22(9-11-25(18)30-17)31-27(32)19-8-10-24(28)26(13-19)33-16-21-15-29-14-20-4-2-3-5-23(20)21;2*3-2(4,5)1(6)7/h2-5,8-15,17,30H,6-7,16H2,1H3,(H,31,32);2*(H,6,7). The Morgan fingerprint density at radius 1 is 0.936 bits per heavy atom. The molecule has 1 unspecified atom stereocenters. The van der Waals surface area contributed by atoms with E-state index < -0.39 is 30.1 Å². The highest BCUT2D eigenvalue weighted by Gasteiger charge is 2.38. The Balaban J connectivity index is 0.000000360. The minimum absolute atomic E-state index is 0.0270. The number of carbonyl (C=O) groups excluding carboxylic acids is 1. The number of anilines is 2. The summed E-state index contributed by atoms with van der Waals surface area (Å²) in [5, 5.41) is 22.6. The van der Waals surface area contributed by atoms with Gasteiger partial charge in [-0.1, -0.05) is 24.3 Å². The molecule has 2 heterocycles. The van der Waals surface area contributed by atoms with Crippen molar-refractivity contribution < 1.29 is 60.1 Å². The Morgan fingerprint density at radius 2 is 1.57 bits per heavy atom. The summed E-state index contributed by atoms with van der Waals surface area (Å²) in [7, 11) is 0. The lowest BCUT2D eigenvalue weighted by Crippen LogP contribution is -2.22. The van der Waals surface area contributed by atoms with Crippen LogP contribution >= 0.6 is 0 Å². The third-order valence-electron chi connectivity index (χ3n) is 6.42. The van der Waals surface area contributed by atoms with E-state index in [-0.39, 0.29) is 18.3 Å². The molecular formula is C31H26F7N3O6. The van der Waals surface area contributed by atoms with Crippen LogP contribution in [0.2, 0.25) is 0 Å². The van der Waals surface area contributed by atoms with Gasteiger partial charge in [-0.15, -0.1) is 0 Å². The molecule has 1 aliphatic rings. The van der Waals surface area contributed by atoms with Gasteiger partial charge in [0.15, 0.2) is 11.6 Å². The Bertz CT molecular complexity index is 1720. The van der Waals surface area contributed by atoms with Crippen LogP contribution < -0.4 is 15.4 Å². The number of alkyl halides is 6. The number of rotatable bonds is 5. The van der Waals surface area contributed by atoms with E-state index in [9.17, 15) is 35.5 Å². The van der Waals surface area contributed by atoms with Gasteiger partial charge in [-0.25, -0.2) is 14.0 Å². The van der Waals surface area contributed by atoms with Crippen molar-refractivity contribution in [2.24, 2.45) is 0 Å². The molecule has 4 N–H and O–H groups in total. The first-order chi connectivity index (χ1) is 22.0. The highest BCUT2D eigenvalue weighted by Crippen LogP contribution is 2.28. The summed E-state index contributed by atoms with van der Waals surface area (Å²) >= 11 is 0. The Morgan fingerprint density at radius 3 is 2.21 bits per heavy atom. The number of aryl methyl sites for hydroxylation is 1. The first kappa shape index (κ1) is 36.1. The SMILES string of the molecule is CC1CCc2cc(NC(=O)c3ccc(F)c(OCc4cncc5ccccc45)c3)ccc2N1.O=C(O)C(F)(F)F.O=C(O)C(F)(F)F. The molecule has 1 atom stereocenters. The Kier molecular flexibility index (Phi) is 11.7. The second-order valence-electron chi connectivity index (χ2n) is 9.97. The molecule has 0 saturated heterocycles. The van der Waals surface area contributed by atoms with E-state index in [1.54, 1.807) is 12.4 Å². The number of carbonyl (C=O) groups is 3. The number of pyridine rings is 1. The van der Waals surface area contributed by atoms with E-state index in [1.165, 1.54) is 23.8 Å². The van der Waals surface area contributed by atoms with Crippen molar-refractivity contribution in [2.75, 3.05) is 10.6 Å². The maximum Gasteiger partial charge on any atom is 0.490 e. The topological polar surface area (TPSA) is 138 Å². The monoisotopic (exact) mass is 669 g/mol. The minimum atomic E-state index is -5.08. The second-order valence-corrected chi connectivity index (χ2v) is 9.97. The number of carboxylic acid groups (broad SMARTS) is 2. The molecule has 3 aromatic carbocycles. The van der Waals surface area contributed by atoms with Gasteiger partial charge in [-0.3, -0.25) is 9.78 Å². The van der Waals surface area contributed by atoms with E-state index in [2.05, 4.69) is 22.5 Å². The Hall–Kier alpha value is -5.41. The van der Waals surface area contributed by atoms with Gasteiger partial charge in [0.2, 0.25) is 0 Å². The third kappa shape index (κ3) is 10.6. The van der Waals surface area contributed by atoms with E-state index in [4.69, 9.17) is 24.5 Å². The first-order valence-corrected chi connectivity index (χ1v) is 13.5. The summed E-state index contributed by atoms with van der Waals surface area (Å²) in [6.07, 6.45) is -4.66. The lowest BCUT2D eigenvalue weighted by atomic mass is 9.98. The van der Waals surface area contributed by atoms with E-state index in [0.29, 0.717) is 17.3 Å². The van der Waals surface area contributed by atoms with Gasteiger partial charge in [0.25, 0.3) is 5.91 Å². The predicted octanol–water partition coefficient (Wildman–Crippen LogP) is 7.22. The highest BCUT2D eigenvalue weighted by atomic mass is 19.4. The van der Waals surface area contributed by atoms with Crippen LogP contribution in [-0.2, 0) is 22.6 Å². The maximum absolute atomic E-state index is 14.4. The number of nitrogens with one attached hydrogen (secondary N) is 2. The quantitative estimate of drug-likeness (QED) is 0.164. The molecule has 1 aliphatic heterocycles. The van der Waals surface area contributed by atoms with Gasteiger partial charge >= 0.3 is 24.3 Å². The molecular weight excluding hydrogens is 643 g/mol. The summed E-state index contributed by atoms with van der Waals surface area (Å²) in [4.78, 5) is 34.9. The zero-order valence-electron chi connectivity index (χ0n) is 24.2. The number of aliphatic carboxylic acids is 2. The van der Waals surface area contributed by atoms with Crippen molar-refractivity contribution in [3.05, 3.63) is 95.6 Å². The fraction of sp³-hybridized carbons (Fsp3) is 0.226. The van der Waals surface area contributed by atoms with Gasteiger partial charge < -0.3 is 25.6 Å². The van der Waals surface area contributed by atoms with Gasteiger partial charge in [0, 0.05) is 46.3 Å². The molecule has 250 valence electrons. The molecule has 16 heteroatoms. The van der Waals surface area contributed by atoms with Crippen LogP contribution in [0.3, 0.4) is 0 Å².